The lowest BCUT2D eigenvalue weighted by atomic mass is 9.98. The molecule has 1 aliphatic heterocycles. The number of rotatable bonds is 3. The molecule has 0 amide bonds. The van der Waals surface area contributed by atoms with E-state index in [4.69, 9.17) is 4.98 Å². The van der Waals surface area contributed by atoms with Gasteiger partial charge in [0, 0.05) is 13.0 Å². The van der Waals surface area contributed by atoms with Crippen molar-refractivity contribution in [3.8, 4) is 11.1 Å². The molecule has 2 aromatic carbocycles. The maximum absolute atomic E-state index is 13.5. The van der Waals surface area contributed by atoms with Crippen molar-refractivity contribution in [2.45, 2.75) is 19.4 Å². The van der Waals surface area contributed by atoms with Crippen molar-refractivity contribution in [1.29, 1.82) is 0 Å². The SMILES string of the molecule is CNCC1CCc2nc3cc(-c4cccc(F)c4)ccc3c(=O)n2C1. The van der Waals surface area contributed by atoms with Gasteiger partial charge in [-0.05, 0) is 61.3 Å². The average Bonchev–Trinajstić information content (AvgIpc) is 2.62. The Bertz CT molecular complexity index is 996. The Morgan fingerprint density at radius 1 is 1.24 bits per heavy atom. The van der Waals surface area contributed by atoms with E-state index in [1.54, 1.807) is 12.1 Å². The van der Waals surface area contributed by atoms with E-state index in [2.05, 4.69) is 5.32 Å². The fraction of sp³-hybridized carbons (Fsp3) is 0.300. The number of hydrogen-bond donors (Lipinski definition) is 1. The number of hydrogen-bond acceptors (Lipinski definition) is 3. The molecule has 5 heteroatoms. The monoisotopic (exact) mass is 337 g/mol. The molecule has 128 valence electrons. The van der Waals surface area contributed by atoms with Gasteiger partial charge in [-0.3, -0.25) is 9.36 Å². The summed E-state index contributed by atoms with van der Waals surface area (Å²) in [6.07, 6.45) is 1.84. The van der Waals surface area contributed by atoms with Crippen LogP contribution in [0.2, 0.25) is 0 Å². The van der Waals surface area contributed by atoms with E-state index in [1.807, 2.05) is 29.8 Å². The van der Waals surface area contributed by atoms with Crippen molar-refractivity contribution >= 4 is 10.9 Å². The molecule has 25 heavy (non-hydrogen) atoms. The lowest BCUT2D eigenvalue weighted by molar-refractivity contribution is 0.346. The molecule has 0 saturated heterocycles. The van der Waals surface area contributed by atoms with Crippen LogP contribution in [0.4, 0.5) is 4.39 Å². The maximum Gasteiger partial charge on any atom is 0.261 e. The highest BCUT2D eigenvalue weighted by Gasteiger charge is 2.21. The van der Waals surface area contributed by atoms with Crippen LogP contribution < -0.4 is 10.9 Å². The first kappa shape index (κ1) is 16.0. The molecule has 1 unspecified atom stereocenters. The third kappa shape index (κ3) is 2.96. The lowest BCUT2D eigenvalue weighted by Gasteiger charge is -2.25. The summed E-state index contributed by atoms with van der Waals surface area (Å²) in [4.78, 5) is 17.6. The number of benzene rings is 2. The summed E-state index contributed by atoms with van der Waals surface area (Å²) < 4.78 is 15.3. The first-order chi connectivity index (χ1) is 12.2. The van der Waals surface area contributed by atoms with Gasteiger partial charge in [0.1, 0.15) is 11.6 Å². The Labute approximate surface area is 145 Å². The average molecular weight is 337 g/mol. The molecule has 4 nitrogen and oxygen atoms in total. The Balaban J connectivity index is 1.80. The zero-order chi connectivity index (χ0) is 17.4. The third-order valence-corrected chi connectivity index (χ3v) is 4.90. The van der Waals surface area contributed by atoms with Crippen LogP contribution in [0.15, 0.2) is 47.3 Å². The number of aryl methyl sites for hydroxylation is 1. The molecule has 2 heterocycles. The van der Waals surface area contributed by atoms with Gasteiger partial charge in [-0.15, -0.1) is 0 Å². The maximum atomic E-state index is 13.5. The van der Waals surface area contributed by atoms with Crippen molar-refractivity contribution in [1.82, 2.24) is 14.9 Å². The van der Waals surface area contributed by atoms with E-state index in [1.165, 1.54) is 12.1 Å². The van der Waals surface area contributed by atoms with Crippen LogP contribution in [0.5, 0.6) is 0 Å². The number of halogens is 1. The molecule has 3 aromatic rings. The van der Waals surface area contributed by atoms with E-state index in [0.717, 1.165) is 36.3 Å². The normalized spacial score (nSPS) is 16.8. The summed E-state index contributed by atoms with van der Waals surface area (Å²) in [6, 6.07) is 12.0. The second-order valence-corrected chi connectivity index (χ2v) is 6.65. The Kier molecular flexibility index (Phi) is 4.09. The zero-order valence-corrected chi connectivity index (χ0v) is 14.1. The van der Waals surface area contributed by atoms with Crippen LogP contribution in [-0.2, 0) is 13.0 Å². The number of aromatic nitrogens is 2. The fourth-order valence-electron chi connectivity index (χ4n) is 3.63. The second kappa shape index (κ2) is 6.41. The Morgan fingerprint density at radius 2 is 2.08 bits per heavy atom. The zero-order valence-electron chi connectivity index (χ0n) is 14.1. The van der Waals surface area contributed by atoms with Crippen LogP contribution in [-0.4, -0.2) is 23.1 Å². The number of nitrogens with zero attached hydrogens (tertiary/aromatic N) is 2. The van der Waals surface area contributed by atoms with E-state index in [-0.39, 0.29) is 11.4 Å². The Morgan fingerprint density at radius 3 is 2.88 bits per heavy atom. The van der Waals surface area contributed by atoms with E-state index in [0.29, 0.717) is 23.4 Å². The molecule has 0 spiro atoms. The van der Waals surface area contributed by atoms with Crippen LogP contribution in [0.3, 0.4) is 0 Å². The van der Waals surface area contributed by atoms with Crippen molar-refractivity contribution in [3.05, 3.63) is 64.5 Å². The minimum absolute atomic E-state index is 0.0200. The van der Waals surface area contributed by atoms with Crippen LogP contribution >= 0.6 is 0 Å². The Hall–Kier alpha value is -2.53. The summed E-state index contributed by atoms with van der Waals surface area (Å²) in [5.41, 5.74) is 2.36. The van der Waals surface area contributed by atoms with Crippen molar-refractivity contribution < 1.29 is 4.39 Å². The van der Waals surface area contributed by atoms with E-state index in [9.17, 15) is 9.18 Å². The third-order valence-electron chi connectivity index (χ3n) is 4.90. The van der Waals surface area contributed by atoms with Crippen LogP contribution in [0.25, 0.3) is 22.0 Å². The quantitative estimate of drug-likeness (QED) is 0.799. The van der Waals surface area contributed by atoms with Gasteiger partial charge < -0.3 is 5.32 Å². The molecule has 1 aromatic heterocycles. The molecular weight excluding hydrogens is 317 g/mol. The molecule has 1 N–H and O–H groups in total. The van der Waals surface area contributed by atoms with Gasteiger partial charge >= 0.3 is 0 Å². The van der Waals surface area contributed by atoms with Gasteiger partial charge in [-0.1, -0.05) is 18.2 Å². The summed E-state index contributed by atoms with van der Waals surface area (Å²) in [5.74, 6) is 1.04. The molecular formula is C20H20FN3O. The minimum Gasteiger partial charge on any atom is -0.319 e. The predicted octanol–water partition coefficient (Wildman–Crippen LogP) is 2.98. The highest BCUT2D eigenvalue weighted by molar-refractivity contribution is 5.83. The van der Waals surface area contributed by atoms with Gasteiger partial charge in [-0.25, -0.2) is 9.37 Å². The molecule has 0 bridgehead atoms. The molecule has 0 saturated carbocycles. The minimum atomic E-state index is -0.272. The van der Waals surface area contributed by atoms with Crippen molar-refractivity contribution in [2.24, 2.45) is 5.92 Å². The molecule has 4 rings (SSSR count). The topological polar surface area (TPSA) is 46.9 Å². The van der Waals surface area contributed by atoms with Gasteiger partial charge in [0.25, 0.3) is 5.56 Å². The first-order valence-corrected chi connectivity index (χ1v) is 8.60. The smallest absolute Gasteiger partial charge is 0.261 e. The summed E-state index contributed by atoms with van der Waals surface area (Å²) in [6.45, 7) is 1.62. The van der Waals surface area contributed by atoms with Crippen LogP contribution in [0, 0.1) is 11.7 Å². The molecule has 1 aliphatic rings. The number of nitrogens with one attached hydrogen (secondary N) is 1. The van der Waals surface area contributed by atoms with Gasteiger partial charge in [0.15, 0.2) is 0 Å². The first-order valence-electron chi connectivity index (χ1n) is 8.60. The van der Waals surface area contributed by atoms with E-state index < -0.39 is 0 Å². The highest BCUT2D eigenvalue weighted by atomic mass is 19.1. The van der Waals surface area contributed by atoms with Gasteiger partial charge in [0.05, 0.1) is 10.9 Å². The van der Waals surface area contributed by atoms with Crippen molar-refractivity contribution in [3.63, 3.8) is 0 Å². The van der Waals surface area contributed by atoms with Gasteiger partial charge in [-0.2, -0.15) is 0 Å². The van der Waals surface area contributed by atoms with Crippen molar-refractivity contribution in [2.75, 3.05) is 13.6 Å². The second-order valence-electron chi connectivity index (χ2n) is 6.65. The van der Waals surface area contributed by atoms with E-state index >= 15 is 0 Å². The summed E-state index contributed by atoms with van der Waals surface area (Å²) in [5, 5.41) is 3.81. The largest absolute Gasteiger partial charge is 0.319 e. The summed E-state index contributed by atoms with van der Waals surface area (Å²) in [7, 11) is 1.94. The number of fused-ring (bicyclic) bond motifs is 2. The molecule has 0 radical (unpaired) electrons. The molecule has 1 atom stereocenters. The van der Waals surface area contributed by atoms with Gasteiger partial charge in [0.2, 0.25) is 0 Å². The highest BCUT2D eigenvalue weighted by Crippen LogP contribution is 2.24. The fourth-order valence-corrected chi connectivity index (χ4v) is 3.63. The summed E-state index contributed by atoms with van der Waals surface area (Å²) >= 11 is 0. The molecule has 0 aliphatic carbocycles. The lowest BCUT2D eigenvalue weighted by Crippen LogP contribution is -2.36. The van der Waals surface area contributed by atoms with Crippen LogP contribution in [0.1, 0.15) is 12.2 Å². The standard InChI is InChI=1S/C20H20FN3O/c1-22-11-13-5-8-19-23-18-10-15(14-3-2-4-16(21)9-14)6-7-17(18)20(25)24(19)12-13/h2-4,6-7,9-10,13,22H,5,8,11-12H2,1H3. The molecule has 0 fully saturated rings. The predicted molar refractivity (Wildman–Crippen MR) is 97.1 cm³/mol.